The van der Waals surface area contributed by atoms with Gasteiger partial charge in [0, 0.05) is 103 Å². The Morgan fingerprint density at radius 3 is 1.21 bits per heavy atom. The van der Waals surface area contributed by atoms with Gasteiger partial charge >= 0.3 is 0 Å². The standard InChI is InChI=1S/C31H8O2.14H2/c1-2-3-4-5-6-7-8-9-10-11-12-13-14-15-16-17-18-19-20-21-22-23-28-33-31-26-24-30(29-32)25-27-31;;;;;;;;;;;;;;/h1,24-27,32H,29H2;14*1H. The van der Waals surface area contributed by atoms with Crippen LogP contribution in [0.2, 0.25) is 0 Å². The molecular weight excluding hydrogens is 404 g/mol. The summed E-state index contributed by atoms with van der Waals surface area (Å²) in [6.07, 6.45) is 7.36. The molecule has 0 aliphatic heterocycles. The Kier molecular flexibility index (Phi) is 14.3. The van der Waals surface area contributed by atoms with E-state index >= 15 is 0 Å². The van der Waals surface area contributed by atoms with Crippen molar-refractivity contribution in [2.24, 2.45) is 0 Å². The summed E-state index contributed by atoms with van der Waals surface area (Å²) in [7, 11) is 0. The van der Waals surface area contributed by atoms with Crippen LogP contribution in [0.5, 0.6) is 5.75 Å². The molecule has 0 aliphatic rings. The second-order valence-electron chi connectivity index (χ2n) is 4.78. The molecule has 0 unspecified atom stereocenters. The van der Waals surface area contributed by atoms with Gasteiger partial charge in [-0.15, -0.1) is 6.42 Å². The fourth-order valence-electron chi connectivity index (χ4n) is 1.40. The zero-order valence-corrected chi connectivity index (χ0v) is 16.9. The Bertz CT molecular complexity index is 1660. The molecule has 33 heavy (non-hydrogen) atoms. The number of terminal acetylenes is 1. The Hall–Kier alpha value is -6.30. The van der Waals surface area contributed by atoms with Gasteiger partial charge in [-0.1, -0.05) is 12.1 Å². The molecule has 0 saturated heterocycles. The highest BCUT2D eigenvalue weighted by Crippen LogP contribution is 2.11. The van der Waals surface area contributed by atoms with Crippen LogP contribution in [-0.4, -0.2) is 5.11 Å². The van der Waals surface area contributed by atoms with Gasteiger partial charge < -0.3 is 9.84 Å². The van der Waals surface area contributed by atoms with E-state index in [-0.39, 0.29) is 26.6 Å². The van der Waals surface area contributed by atoms with Crippen LogP contribution in [0.4, 0.5) is 0 Å². The lowest BCUT2D eigenvalue weighted by Crippen LogP contribution is -1.85. The number of aliphatic hydroxyl groups excluding tert-OH is 1. The molecule has 0 radical (unpaired) electrons. The maximum absolute atomic E-state index is 8.95. The quantitative estimate of drug-likeness (QED) is 0.680. The Balaban J connectivity index is -0.0000000648. The third kappa shape index (κ3) is 15.3. The number of benzene rings is 1. The lowest BCUT2D eigenvalue weighted by atomic mass is 10.2. The minimum absolute atomic E-state index is 0. The van der Waals surface area contributed by atoms with E-state index < -0.39 is 0 Å². The van der Waals surface area contributed by atoms with Gasteiger partial charge in [-0.25, -0.2) is 0 Å². The topological polar surface area (TPSA) is 29.5 Å². The van der Waals surface area contributed by atoms with Gasteiger partial charge in [-0.2, -0.15) is 0 Å². The monoisotopic (exact) mass is 440 g/mol. The summed E-state index contributed by atoms with van der Waals surface area (Å²) < 4.78 is 5.16. The minimum Gasteiger partial charge on any atom is -0.407 e. The Labute approximate surface area is 215 Å². The summed E-state index contributed by atoms with van der Waals surface area (Å²) >= 11 is 0. The average molecular weight is 441 g/mol. The minimum atomic E-state index is -0.0249. The SMILES string of the molecule is C#CC#CC#CC#CC#CC#CC#CC#CC#CC#CC#CC#COc1ccc(CO)cc1.[HH].[HH].[HH].[HH].[HH].[HH].[HH].[HH].[HH].[HH].[HH].[HH].[HH].[HH]. The number of ether oxygens (including phenoxy) is 1. The third-order valence-electron chi connectivity index (χ3n) is 2.65. The molecule has 0 spiro atoms. The second kappa shape index (κ2) is 19.0. The molecule has 1 rings (SSSR count). The maximum Gasteiger partial charge on any atom is 0.140 e. The van der Waals surface area contributed by atoms with Crippen molar-refractivity contribution in [3.05, 3.63) is 29.8 Å². The predicted molar refractivity (Wildman–Crippen MR) is 157 cm³/mol. The third-order valence-corrected chi connectivity index (χ3v) is 2.65. The fraction of sp³-hybridized carbons (Fsp3) is 0.0323. The molecule has 0 saturated carbocycles. The van der Waals surface area contributed by atoms with E-state index in [0.717, 1.165) is 5.56 Å². The van der Waals surface area contributed by atoms with E-state index in [2.05, 4.69) is 136 Å². The molecule has 0 amide bonds. The van der Waals surface area contributed by atoms with Gasteiger partial charge in [0.2, 0.25) is 0 Å². The van der Waals surface area contributed by atoms with E-state index in [1.165, 1.54) is 0 Å². The summed E-state index contributed by atoms with van der Waals surface area (Å²) in [6.45, 7) is -0.0249. The van der Waals surface area contributed by atoms with E-state index in [1.54, 1.807) is 24.3 Å². The molecule has 1 aromatic carbocycles. The number of hydrogen-bond acceptors (Lipinski definition) is 2. The molecule has 0 aromatic heterocycles. The van der Waals surface area contributed by atoms with Crippen molar-refractivity contribution in [1.29, 1.82) is 0 Å². The van der Waals surface area contributed by atoms with Crippen LogP contribution in [0, 0.1) is 143 Å². The number of hydrogen-bond donors (Lipinski definition) is 1. The largest absolute Gasteiger partial charge is 0.407 e. The lowest BCUT2D eigenvalue weighted by molar-refractivity contribution is 0.281. The van der Waals surface area contributed by atoms with E-state index in [9.17, 15) is 0 Å². The summed E-state index contributed by atoms with van der Waals surface area (Å²) in [5.74, 6) is 54.7. The van der Waals surface area contributed by atoms with E-state index in [0.29, 0.717) is 5.75 Å². The zero-order chi connectivity index (χ0) is 23.7. The molecule has 1 aromatic rings. The molecule has 1 N–H and O–H groups in total. The molecule has 0 heterocycles. The molecule has 172 valence electrons. The van der Waals surface area contributed by atoms with Crippen LogP contribution in [0.25, 0.3) is 0 Å². The van der Waals surface area contributed by atoms with Crippen molar-refractivity contribution < 1.29 is 29.8 Å². The van der Waals surface area contributed by atoms with E-state index in [1.807, 2.05) is 0 Å². The van der Waals surface area contributed by atoms with Crippen molar-refractivity contribution in [3.63, 3.8) is 0 Å². The van der Waals surface area contributed by atoms with Crippen LogP contribution in [0.15, 0.2) is 24.3 Å². The van der Waals surface area contributed by atoms with Crippen LogP contribution in [0.1, 0.15) is 25.5 Å². The molecule has 0 atom stereocenters. The van der Waals surface area contributed by atoms with Gasteiger partial charge in [0.1, 0.15) is 11.9 Å². The Morgan fingerprint density at radius 1 is 0.545 bits per heavy atom. The van der Waals surface area contributed by atoms with Crippen molar-refractivity contribution in [2.45, 2.75) is 6.61 Å². The molecule has 0 fully saturated rings. The van der Waals surface area contributed by atoms with Crippen molar-refractivity contribution in [2.75, 3.05) is 0 Å². The first-order chi connectivity index (χ1) is 16.4. The number of rotatable bonds is 2. The highest BCUT2D eigenvalue weighted by Gasteiger charge is 1.91. The first kappa shape index (κ1) is 24.7. The number of aliphatic hydroxyl groups is 1. The van der Waals surface area contributed by atoms with Crippen LogP contribution in [-0.2, 0) is 6.61 Å². The second-order valence-corrected chi connectivity index (χ2v) is 4.78. The van der Waals surface area contributed by atoms with Crippen molar-refractivity contribution in [3.8, 4) is 149 Å². The van der Waals surface area contributed by atoms with Crippen molar-refractivity contribution >= 4 is 0 Å². The molecular formula is C31H36O2. The van der Waals surface area contributed by atoms with Gasteiger partial charge in [0.25, 0.3) is 0 Å². The lowest BCUT2D eigenvalue weighted by Gasteiger charge is -1.97. The highest BCUT2D eigenvalue weighted by molar-refractivity contribution is 5.47. The van der Waals surface area contributed by atoms with Gasteiger partial charge in [0.15, 0.2) is 0 Å². The van der Waals surface area contributed by atoms with Crippen LogP contribution >= 0.6 is 0 Å². The smallest absolute Gasteiger partial charge is 0.140 e. The van der Waals surface area contributed by atoms with E-state index in [4.69, 9.17) is 16.3 Å². The molecule has 0 aliphatic carbocycles. The van der Waals surface area contributed by atoms with Crippen LogP contribution < -0.4 is 4.74 Å². The summed E-state index contributed by atoms with van der Waals surface area (Å²) in [4.78, 5) is 0. The predicted octanol–water partition coefficient (Wildman–Crippen LogP) is 4.63. The summed E-state index contributed by atoms with van der Waals surface area (Å²) in [5, 5.41) is 8.95. The van der Waals surface area contributed by atoms with Gasteiger partial charge in [-0.3, -0.25) is 0 Å². The molecule has 0 bridgehead atoms. The molecule has 2 nitrogen and oxygen atoms in total. The van der Waals surface area contributed by atoms with Crippen LogP contribution in [0.3, 0.4) is 0 Å². The Morgan fingerprint density at radius 2 is 0.879 bits per heavy atom. The summed E-state index contributed by atoms with van der Waals surface area (Å²) in [6, 6.07) is 6.87. The average Bonchev–Trinajstić information content (AvgIpc) is 2.85. The summed E-state index contributed by atoms with van der Waals surface area (Å²) in [5.41, 5.74) is 0.788. The highest BCUT2D eigenvalue weighted by atomic mass is 16.5. The fourth-order valence-corrected chi connectivity index (χ4v) is 1.40. The first-order valence-electron chi connectivity index (χ1n) is 8.69. The van der Waals surface area contributed by atoms with Gasteiger partial charge in [0.05, 0.1) is 6.61 Å². The molecule has 2 heteroatoms. The van der Waals surface area contributed by atoms with Gasteiger partial charge in [-0.05, 0) is 65.1 Å². The zero-order valence-electron chi connectivity index (χ0n) is 16.9. The van der Waals surface area contributed by atoms with Crippen molar-refractivity contribution in [1.82, 2.24) is 0 Å². The first-order valence-corrected chi connectivity index (χ1v) is 8.69. The maximum atomic E-state index is 8.95. The normalized spacial score (nSPS) is 5.58.